The largest absolute Gasteiger partial charge is 0.352 e. The maximum Gasteiger partial charge on any atom is 0.254 e. The summed E-state index contributed by atoms with van der Waals surface area (Å²) in [5.41, 5.74) is 0.233. The summed E-state index contributed by atoms with van der Waals surface area (Å²) < 4.78 is 13.9. The van der Waals surface area contributed by atoms with E-state index in [0.717, 1.165) is 6.42 Å². The lowest BCUT2D eigenvalue weighted by Gasteiger charge is -2.18. The van der Waals surface area contributed by atoms with E-state index in [-0.39, 0.29) is 16.9 Å². The summed E-state index contributed by atoms with van der Waals surface area (Å²) in [6.45, 7) is 6.84. The van der Waals surface area contributed by atoms with Crippen molar-refractivity contribution >= 4 is 21.8 Å². The number of halogens is 2. The van der Waals surface area contributed by atoms with Crippen molar-refractivity contribution in [2.24, 2.45) is 5.41 Å². The Morgan fingerprint density at radius 2 is 2.06 bits per heavy atom. The van der Waals surface area contributed by atoms with Crippen LogP contribution in [0.25, 0.3) is 0 Å². The molecule has 0 bridgehead atoms. The minimum Gasteiger partial charge on any atom is -0.352 e. The highest BCUT2D eigenvalue weighted by Gasteiger charge is 2.15. The number of amides is 1. The predicted octanol–water partition coefficient (Wildman–Crippen LogP) is 3.75. The fourth-order valence-electron chi connectivity index (χ4n) is 1.33. The highest BCUT2D eigenvalue weighted by Crippen LogP contribution is 2.19. The number of benzene rings is 1. The second-order valence-electron chi connectivity index (χ2n) is 5.17. The molecule has 0 aliphatic heterocycles. The molecule has 0 heterocycles. The third kappa shape index (κ3) is 4.46. The Kier molecular flexibility index (Phi) is 4.69. The Bertz CT molecular complexity index is 412. The lowest BCUT2D eigenvalue weighted by Crippen LogP contribution is -2.28. The van der Waals surface area contributed by atoms with Gasteiger partial charge in [0.15, 0.2) is 0 Å². The standard InChI is InChI=1S/C13H17BrFNO/c1-13(2,3)7-8-16-12(17)9-5-4-6-10(14)11(9)15/h4-6H,7-8H2,1-3H3,(H,16,17). The molecular weight excluding hydrogens is 285 g/mol. The van der Waals surface area contributed by atoms with E-state index in [1.807, 2.05) is 0 Å². The monoisotopic (exact) mass is 301 g/mol. The Hall–Kier alpha value is -0.900. The highest BCUT2D eigenvalue weighted by atomic mass is 79.9. The molecule has 4 heteroatoms. The molecule has 0 saturated heterocycles. The molecular formula is C13H17BrFNO. The van der Waals surface area contributed by atoms with Crippen LogP contribution in [0.5, 0.6) is 0 Å². The van der Waals surface area contributed by atoms with Gasteiger partial charge in [0.05, 0.1) is 10.0 Å². The Balaban J connectivity index is 2.62. The van der Waals surface area contributed by atoms with Gasteiger partial charge in [0.25, 0.3) is 5.91 Å². The van der Waals surface area contributed by atoms with Crippen molar-refractivity contribution in [1.82, 2.24) is 5.32 Å². The molecule has 0 aromatic heterocycles. The molecule has 1 aromatic rings. The Morgan fingerprint density at radius 1 is 1.41 bits per heavy atom. The second-order valence-corrected chi connectivity index (χ2v) is 6.02. The van der Waals surface area contributed by atoms with Gasteiger partial charge in [-0.3, -0.25) is 4.79 Å². The van der Waals surface area contributed by atoms with Gasteiger partial charge in [0, 0.05) is 6.54 Å². The number of carbonyl (C=O) groups excluding carboxylic acids is 1. The molecule has 1 rings (SSSR count). The molecule has 0 radical (unpaired) electrons. The summed E-state index contributed by atoms with van der Waals surface area (Å²) >= 11 is 3.06. The number of carbonyl (C=O) groups is 1. The summed E-state index contributed by atoms with van der Waals surface area (Å²) in [6.07, 6.45) is 0.856. The van der Waals surface area contributed by atoms with Crippen molar-refractivity contribution in [3.05, 3.63) is 34.1 Å². The number of rotatable bonds is 3. The van der Waals surface area contributed by atoms with Gasteiger partial charge in [0.2, 0.25) is 0 Å². The van der Waals surface area contributed by atoms with E-state index in [1.54, 1.807) is 12.1 Å². The van der Waals surface area contributed by atoms with Crippen LogP contribution in [-0.2, 0) is 0 Å². The van der Waals surface area contributed by atoms with E-state index in [4.69, 9.17) is 0 Å². The zero-order valence-electron chi connectivity index (χ0n) is 10.3. The van der Waals surface area contributed by atoms with E-state index < -0.39 is 5.82 Å². The van der Waals surface area contributed by atoms with Gasteiger partial charge in [0.1, 0.15) is 5.82 Å². The molecule has 0 spiro atoms. The SMILES string of the molecule is CC(C)(C)CCNC(=O)c1cccc(Br)c1F. The molecule has 0 fully saturated rings. The minimum atomic E-state index is -0.513. The quantitative estimate of drug-likeness (QED) is 0.905. The van der Waals surface area contributed by atoms with E-state index >= 15 is 0 Å². The van der Waals surface area contributed by atoms with E-state index in [0.29, 0.717) is 11.0 Å². The van der Waals surface area contributed by atoms with E-state index in [2.05, 4.69) is 42.0 Å². The third-order valence-corrected chi connectivity index (χ3v) is 2.97. The number of nitrogens with one attached hydrogen (secondary N) is 1. The van der Waals surface area contributed by atoms with E-state index in [9.17, 15) is 9.18 Å². The molecule has 2 nitrogen and oxygen atoms in total. The first kappa shape index (κ1) is 14.2. The maximum absolute atomic E-state index is 13.6. The fraction of sp³-hybridized carbons (Fsp3) is 0.462. The zero-order chi connectivity index (χ0) is 13.1. The molecule has 0 aliphatic carbocycles. The topological polar surface area (TPSA) is 29.1 Å². The van der Waals surface area contributed by atoms with Gasteiger partial charge in [-0.05, 0) is 39.9 Å². The molecule has 0 aliphatic rings. The minimum absolute atomic E-state index is 0.0771. The lowest BCUT2D eigenvalue weighted by molar-refractivity contribution is 0.0945. The van der Waals surface area contributed by atoms with Gasteiger partial charge < -0.3 is 5.32 Å². The smallest absolute Gasteiger partial charge is 0.254 e. The summed E-state index contributed by atoms with van der Waals surface area (Å²) in [5, 5.41) is 2.72. The summed E-state index contributed by atoms with van der Waals surface area (Å²) in [6, 6.07) is 4.69. The molecule has 1 N–H and O–H groups in total. The van der Waals surface area contributed by atoms with Gasteiger partial charge >= 0.3 is 0 Å². The maximum atomic E-state index is 13.6. The third-order valence-electron chi connectivity index (χ3n) is 2.36. The van der Waals surface area contributed by atoms with Crippen LogP contribution >= 0.6 is 15.9 Å². The molecule has 0 unspecified atom stereocenters. The number of hydrogen-bond donors (Lipinski definition) is 1. The fourth-order valence-corrected chi connectivity index (χ4v) is 1.69. The Morgan fingerprint density at radius 3 is 2.65 bits per heavy atom. The predicted molar refractivity (Wildman–Crippen MR) is 70.5 cm³/mol. The van der Waals surface area contributed by atoms with Gasteiger partial charge in [-0.15, -0.1) is 0 Å². The first-order valence-corrected chi connectivity index (χ1v) is 6.33. The molecule has 1 amide bonds. The van der Waals surface area contributed by atoms with Gasteiger partial charge in [-0.2, -0.15) is 0 Å². The lowest BCUT2D eigenvalue weighted by atomic mass is 9.92. The Labute approximate surface area is 110 Å². The van der Waals surface area contributed by atoms with Crippen molar-refractivity contribution in [3.8, 4) is 0 Å². The first-order chi connectivity index (χ1) is 7.81. The van der Waals surface area contributed by atoms with Crippen LogP contribution in [0.15, 0.2) is 22.7 Å². The summed E-state index contributed by atoms with van der Waals surface area (Å²) in [4.78, 5) is 11.7. The van der Waals surface area contributed by atoms with Crippen LogP contribution in [-0.4, -0.2) is 12.5 Å². The van der Waals surface area contributed by atoms with Crippen molar-refractivity contribution in [3.63, 3.8) is 0 Å². The van der Waals surface area contributed by atoms with Crippen LogP contribution in [0.4, 0.5) is 4.39 Å². The van der Waals surface area contributed by atoms with Crippen LogP contribution in [0.2, 0.25) is 0 Å². The van der Waals surface area contributed by atoms with Crippen molar-refractivity contribution < 1.29 is 9.18 Å². The van der Waals surface area contributed by atoms with Crippen molar-refractivity contribution in [1.29, 1.82) is 0 Å². The molecule has 17 heavy (non-hydrogen) atoms. The van der Waals surface area contributed by atoms with Gasteiger partial charge in [-0.25, -0.2) is 4.39 Å². The van der Waals surface area contributed by atoms with E-state index in [1.165, 1.54) is 6.07 Å². The van der Waals surface area contributed by atoms with Crippen LogP contribution in [0.3, 0.4) is 0 Å². The molecule has 0 atom stereocenters. The van der Waals surface area contributed by atoms with Crippen LogP contribution in [0.1, 0.15) is 37.6 Å². The van der Waals surface area contributed by atoms with Crippen LogP contribution < -0.4 is 5.32 Å². The number of hydrogen-bond acceptors (Lipinski definition) is 1. The normalized spacial score (nSPS) is 11.4. The average molecular weight is 302 g/mol. The molecule has 94 valence electrons. The molecule has 1 aromatic carbocycles. The summed E-state index contributed by atoms with van der Waals surface area (Å²) in [5.74, 6) is -0.881. The van der Waals surface area contributed by atoms with Gasteiger partial charge in [-0.1, -0.05) is 26.8 Å². The highest BCUT2D eigenvalue weighted by molar-refractivity contribution is 9.10. The summed E-state index contributed by atoms with van der Waals surface area (Å²) in [7, 11) is 0. The average Bonchev–Trinajstić information content (AvgIpc) is 2.20. The van der Waals surface area contributed by atoms with Crippen molar-refractivity contribution in [2.75, 3.05) is 6.54 Å². The zero-order valence-corrected chi connectivity index (χ0v) is 11.9. The first-order valence-electron chi connectivity index (χ1n) is 5.53. The second kappa shape index (κ2) is 5.63. The van der Waals surface area contributed by atoms with Crippen molar-refractivity contribution in [2.45, 2.75) is 27.2 Å². The van der Waals surface area contributed by atoms with Crippen LogP contribution in [0, 0.1) is 11.2 Å². The molecule has 0 saturated carbocycles.